The number of benzene rings is 2. The maximum atomic E-state index is 13.4. The fourth-order valence-electron chi connectivity index (χ4n) is 6.05. The van der Waals surface area contributed by atoms with Gasteiger partial charge in [0, 0.05) is 52.7 Å². The predicted molar refractivity (Wildman–Crippen MR) is 149 cm³/mol. The lowest BCUT2D eigenvalue weighted by molar-refractivity contribution is -0.401. The second-order valence-corrected chi connectivity index (χ2v) is 11.6. The highest BCUT2D eigenvalue weighted by Gasteiger charge is 2.49. The summed E-state index contributed by atoms with van der Waals surface area (Å²) in [7, 11) is 3.96. The van der Waals surface area contributed by atoms with Gasteiger partial charge in [0.05, 0.1) is 17.4 Å². The number of hydrogen-bond donors (Lipinski definition) is 1. The third-order valence-corrected chi connectivity index (χ3v) is 8.38. The number of hydrogen-bond acceptors (Lipinski definition) is 5. The molecule has 1 saturated carbocycles. The van der Waals surface area contributed by atoms with E-state index < -0.39 is 23.4 Å². The molecular formula is C32H35N2O4+. The van der Waals surface area contributed by atoms with Gasteiger partial charge in [-0.15, -0.1) is 0 Å². The molecule has 6 nitrogen and oxygen atoms in total. The number of allylic oxidation sites excluding steroid dienone is 2. The maximum Gasteiger partial charge on any atom is 0.338 e. The largest absolute Gasteiger partial charge is 0.423 e. The van der Waals surface area contributed by atoms with Crippen LogP contribution in [0.1, 0.15) is 45.7 Å². The van der Waals surface area contributed by atoms with Crippen molar-refractivity contribution in [1.82, 2.24) is 0 Å². The maximum absolute atomic E-state index is 13.4. The van der Waals surface area contributed by atoms with E-state index in [-0.39, 0.29) is 11.2 Å². The third-order valence-electron chi connectivity index (χ3n) is 8.38. The molecule has 0 spiro atoms. The number of anilines is 1. The number of aliphatic hydroxyl groups excluding tert-OH is 1. The summed E-state index contributed by atoms with van der Waals surface area (Å²) in [5, 5.41) is 11.2. The lowest BCUT2D eigenvalue weighted by Crippen LogP contribution is -2.46. The van der Waals surface area contributed by atoms with Crippen molar-refractivity contribution in [2.45, 2.75) is 51.6 Å². The predicted octanol–water partition coefficient (Wildman–Crippen LogP) is 4.97. The zero-order chi connectivity index (χ0) is 27.7. The summed E-state index contributed by atoms with van der Waals surface area (Å²) >= 11 is 0. The van der Waals surface area contributed by atoms with Crippen molar-refractivity contribution >= 4 is 28.8 Å². The number of ketones is 1. The van der Waals surface area contributed by atoms with Crippen LogP contribution >= 0.6 is 0 Å². The Bertz CT molecular complexity index is 1510. The summed E-state index contributed by atoms with van der Waals surface area (Å²) in [4.78, 5) is 27.5. The zero-order valence-electron chi connectivity index (χ0n) is 23.1. The Morgan fingerprint density at radius 1 is 1.11 bits per heavy atom. The Morgan fingerprint density at radius 3 is 2.42 bits per heavy atom. The number of carbonyl (C=O) groups is 2. The van der Waals surface area contributed by atoms with Gasteiger partial charge in [-0.3, -0.25) is 4.79 Å². The number of para-hydroxylation sites is 1. The number of nitrogens with zero attached hydrogens (tertiary/aromatic N) is 2. The van der Waals surface area contributed by atoms with E-state index in [4.69, 9.17) is 4.74 Å². The molecule has 0 saturated heterocycles. The fraction of sp³-hybridized carbons (Fsp3) is 0.344. The second-order valence-electron chi connectivity index (χ2n) is 11.6. The van der Waals surface area contributed by atoms with E-state index in [1.807, 2.05) is 55.1 Å². The SMILES string of the molecule is C=C(C)C(=O)Oc1ccc2c(c1)C(C)(C)C(C=C1C(=O)C(C=C3N(C)c4ccccc4C3(C)C)C1O)=[N+]2C. The van der Waals surface area contributed by atoms with Gasteiger partial charge in [0.25, 0.3) is 0 Å². The number of carbonyl (C=O) groups excluding carboxylic acids is 2. The Balaban J connectivity index is 1.43. The normalized spacial score (nSPS) is 24.9. The van der Waals surface area contributed by atoms with E-state index in [1.165, 1.54) is 5.56 Å². The molecule has 1 fully saturated rings. The summed E-state index contributed by atoms with van der Waals surface area (Å²) < 4.78 is 7.48. The summed E-state index contributed by atoms with van der Waals surface area (Å²) in [6, 6.07) is 13.8. The smallest absolute Gasteiger partial charge is 0.338 e. The van der Waals surface area contributed by atoms with Crippen LogP contribution in [0, 0.1) is 5.92 Å². The van der Waals surface area contributed by atoms with Crippen LogP contribution in [0.5, 0.6) is 5.75 Å². The first-order valence-electron chi connectivity index (χ1n) is 12.9. The molecule has 1 aliphatic carbocycles. The number of Topliss-reactive ketones (excluding diaryl/α,β-unsaturated/α-hetero) is 1. The molecule has 38 heavy (non-hydrogen) atoms. The van der Waals surface area contributed by atoms with Gasteiger partial charge in [-0.25, -0.2) is 4.79 Å². The lowest BCUT2D eigenvalue weighted by atomic mass is 9.71. The van der Waals surface area contributed by atoms with Crippen molar-refractivity contribution in [2.75, 3.05) is 19.0 Å². The van der Waals surface area contributed by atoms with Crippen molar-refractivity contribution in [3.63, 3.8) is 0 Å². The number of esters is 1. The Kier molecular flexibility index (Phi) is 5.88. The van der Waals surface area contributed by atoms with Crippen LogP contribution in [0.2, 0.25) is 0 Å². The van der Waals surface area contributed by atoms with Gasteiger partial charge in [-0.05, 0) is 44.5 Å². The zero-order valence-corrected chi connectivity index (χ0v) is 23.1. The van der Waals surface area contributed by atoms with Crippen LogP contribution in [-0.2, 0) is 20.4 Å². The van der Waals surface area contributed by atoms with Crippen LogP contribution in [0.4, 0.5) is 11.4 Å². The second kappa shape index (κ2) is 8.63. The fourth-order valence-corrected chi connectivity index (χ4v) is 6.05. The van der Waals surface area contributed by atoms with Gasteiger partial charge >= 0.3 is 5.97 Å². The van der Waals surface area contributed by atoms with E-state index in [1.54, 1.807) is 13.0 Å². The molecule has 2 aromatic carbocycles. The van der Waals surface area contributed by atoms with Crippen LogP contribution in [-0.4, -0.2) is 47.3 Å². The molecule has 6 heteroatoms. The van der Waals surface area contributed by atoms with Crippen LogP contribution in [0.3, 0.4) is 0 Å². The van der Waals surface area contributed by atoms with Gasteiger partial charge in [0.1, 0.15) is 12.8 Å². The molecule has 0 bridgehead atoms. The quantitative estimate of drug-likeness (QED) is 0.272. The molecule has 3 aliphatic rings. The lowest BCUT2D eigenvalue weighted by Gasteiger charge is -2.35. The summed E-state index contributed by atoms with van der Waals surface area (Å²) in [5.41, 5.74) is 6.20. The minimum Gasteiger partial charge on any atom is -0.423 e. The van der Waals surface area contributed by atoms with E-state index in [0.717, 1.165) is 28.3 Å². The molecular weight excluding hydrogens is 476 g/mol. The van der Waals surface area contributed by atoms with Crippen LogP contribution < -0.4 is 9.64 Å². The van der Waals surface area contributed by atoms with Crippen molar-refractivity contribution in [1.29, 1.82) is 0 Å². The molecule has 0 amide bonds. The third kappa shape index (κ3) is 3.70. The molecule has 0 radical (unpaired) electrons. The van der Waals surface area contributed by atoms with Gasteiger partial charge in [0.15, 0.2) is 11.5 Å². The first kappa shape index (κ1) is 25.9. The van der Waals surface area contributed by atoms with Gasteiger partial charge in [-0.2, -0.15) is 4.58 Å². The first-order chi connectivity index (χ1) is 17.8. The summed E-state index contributed by atoms with van der Waals surface area (Å²) in [6.45, 7) is 13.7. The molecule has 2 unspecified atom stereocenters. The monoisotopic (exact) mass is 511 g/mol. The van der Waals surface area contributed by atoms with Crippen molar-refractivity contribution in [2.24, 2.45) is 5.92 Å². The minimum atomic E-state index is -0.879. The minimum absolute atomic E-state index is 0.0612. The van der Waals surface area contributed by atoms with Crippen LogP contribution in [0.25, 0.3) is 0 Å². The number of aliphatic hydroxyl groups is 1. The molecule has 5 rings (SSSR count). The van der Waals surface area contributed by atoms with Crippen LogP contribution in [0.15, 0.2) is 78.0 Å². The Morgan fingerprint density at radius 2 is 1.79 bits per heavy atom. The van der Waals surface area contributed by atoms with E-state index >= 15 is 0 Å². The first-order valence-corrected chi connectivity index (χ1v) is 12.9. The van der Waals surface area contributed by atoms with Crippen molar-refractivity contribution in [3.05, 3.63) is 89.2 Å². The summed E-state index contributed by atoms with van der Waals surface area (Å²) in [5.74, 6) is -0.669. The average molecular weight is 512 g/mol. The van der Waals surface area contributed by atoms with Crippen molar-refractivity contribution in [3.8, 4) is 5.75 Å². The highest BCUT2D eigenvalue weighted by atomic mass is 16.5. The van der Waals surface area contributed by atoms with Gasteiger partial charge in [0.2, 0.25) is 5.69 Å². The number of rotatable bonds is 4. The van der Waals surface area contributed by atoms with E-state index in [0.29, 0.717) is 16.9 Å². The van der Waals surface area contributed by atoms with Gasteiger partial charge < -0.3 is 14.7 Å². The Hall–Kier alpha value is -3.77. The molecule has 2 heterocycles. The average Bonchev–Trinajstić information content (AvgIpc) is 3.18. The molecule has 2 aromatic rings. The molecule has 1 N–H and O–H groups in total. The number of fused-ring (bicyclic) bond motifs is 2. The standard InChI is InChI=1S/C32H35N2O4/c1-18(2)30(37)38-19-13-14-25-23(15-19)32(5,6)27(34(25)8)17-21-28(35)20(29(21)36)16-26-31(3,4)22-11-9-10-12-24(22)33(26)7/h9-17,20,28,35H,1H2,2-8H3/q+1. The topological polar surface area (TPSA) is 69.9 Å². The van der Waals surface area contributed by atoms with Crippen molar-refractivity contribution < 1.29 is 24.0 Å². The number of likely N-dealkylation sites (N-methyl/N-ethyl adjacent to an activating group) is 1. The summed E-state index contributed by atoms with van der Waals surface area (Å²) in [6.07, 6.45) is 2.89. The number of ether oxygens (including phenoxy) is 1. The Labute approximate surface area is 224 Å². The highest BCUT2D eigenvalue weighted by molar-refractivity contribution is 6.14. The highest BCUT2D eigenvalue weighted by Crippen LogP contribution is 2.48. The van der Waals surface area contributed by atoms with E-state index in [9.17, 15) is 14.7 Å². The molecule has 2 atom stereocenters. The van der Waals surface area contributed by atoms with E-state index in [2.05, 4.69) is 51.3 Å². The van der Waals surface area contributed by atoms with Gasteiger partial charge in [-0.1, -0.05) is 44.7 Å². The molecule has 2 aliphatic heterocycles. The molecule has 196 valence electrons. The molecule has 0 aromatic heterocycles.